The maximum Gasteiger partial charge on any atom is 0.180 e. The molecule has 8 heteroatoms. The lowest BCUT2D eigenvalue weighted by molar-refractivity contribution is 0.210. The zero-order valence-electron chi connectivity index (χ0n) is 22.6. The van der Waals surface area contributed by atoms with Crippen LogP contribution < -0.4 is 0 Å². The number of aromatic nitrogens is 4. The van der Waals surface area contributed by atoms with Crippen LogP contribution in [0, 0.1) is 5.92 Å². The Morgan fingerprint density at radius 3 is 2.50 bits per heavy atom. The van der Waals surface area contributed by atoms with Crippen molar-refractivity contribution in [3.05, 3.63) is 66.0 Å². The molecule has 1 saturated carbocycles. The molecule has 1 aromatic heterocycles. The molecule has 3 aromatic rings. The maximum atomic E-state index is 5.34. The fraction of sp³-hybridized carbons (Fsp3) is 0.467. The van der Waals surface area contributed by atoms with Gasteiger partial charge in [-0.25, -0.2) is 10.1 Å². The van der Waals surface area contributed by atoms with Gasteiger partial charge >= 0.3 is 0 Å². The third kappa shape index (κ3) is 5.17. The molecule has 1 N–H and O–H groups in total. The highest BCUT2D eigenvalue weighted by Gasteiger charge is 2.38. The molecule has 3 heterocycles. The number of hydrogen-bond acceptors (Lipinski definition) is 7. The molecule has 2 aliphatic heterocycles. The summed E-state index contributed by atoms with van der Waals surface area (Å²) in [6.07, 6.45) is 9.95. The van der Waals surface area contributed by atoms with Gasteiger partial charge in [0.1, 0.15) is 6.17 Å². The Morgan fingerprint density at radius 2 is 1.79 bits per heavy atom. The third-order valence-electron chi connectivity index (χ3n) is 7.77. The van der Waals surface area contributed by atoms with E-state index in [4.69, 9.17) is 4.99 Å². The van der Waals surface area contributed by atoms with E-state index >= 15 is 0 Å². The van der Waals surface area contributed by atoms with Crippen LogP contribution in [-0.2, 0) is 6.54 Å². The average Bonchev–Trinajstić information content (AvgIpc) is 3.45. The van der Waals surface area contributed by atoms with Gasteiger partial charge in [-0.15, -0.1) is 5.10 Å². The number of nitrogens with one attached hydrogen (secondary N) is 1. The number of H-pyrrole nitrogens is 1. The molecule has 198 valence electrons. The van der Waals surface area contributed by atoms with E-state index in [1.165, 1.54) is 42.8 Å². The number of aromatic amines is 1. The SMILES string of the molecule is CCCCC1N=C2C(=CN(CCC)CN2CC2CC2)N1Cc1ccc(-c2ccccc2-c2nnn[nH]2)cc1. The van der Waals surface area contributed by atoms with Crippen LogP contribution in [0.5, 0.6) is 0 Å². The van der Waals surface area contributed by atoms with Crippen LogP contribution in [0.25, 0.3) is 22.5 Å². The first-order valence-electron chi connectivity index (χ1n) is 14.2. The second-order valence-electron chi connectivity index (χ2n) is 10.8. The van der Waals surface area contributed by atoms with Crippen molar-refractivity contribution in [1.82, 2.24) is 35.3 Å². The lowest BCUT2D eigenvalue weighted by atomic mass is 9.98. The van der Waals surface area contributed by atoms with Crippen LogP contribution in [0.4, 0.5) is 0 Å². The van der Waals surface area contributed by atoms with E-state index in [0.29, 0.717) is 5.82 Å². The largest absolute Gasteiger partial charge is 0.358 e. The summed E-state index contributed by atoms with van der Waals surface area (Å²) in [4.78, 5) is 12.9. The Bertz CT molecular complexity index is 1280. The second-order valence-corrected chi connectivity index (χ2v) is 10.8. The van der Waals surface area contributed by atoms with Gasteiger partial charge in [-0.05, 0) is 65.1 Å². The lowest BCUT2D eigenvalue weighted by Gasteiger charge is -2.38. The van der Waals surface area contributed by atoms with Crippen LogP contribution in [-0.4, -0.2) is 67.1 Å². The molecule has 1 fully saturated rings. The Kier molecular flexibility index (Phi) is 7.12. The summed E-state index contributed by atoms with van der Waals surface area (Å²) < 4.78 is 0. The molecule has 6 rings (SSSR count). The molecule has 0 amide bonds. The smallest absolute Gasteiger partial charge is 0.180 e. The highest BCUT2D eigenvalue weighted by atomic mass is 15.5. The lowest BCUT2D eigenvalue weighted by Crippen LogP contribution is -2.46. The highest BCUT2D eigenvalue weighted by molar-refractivity contribution is 6.00. The number of hydrogen-bond donors (Lipinski definition) is 1. The van der Waals surface area contributed by atoms with Crippen LogP contribution in [0.15, 0.2) is 65.4 Å². The molecule has 0 radical (unpaired) electrons. The minimum absolute atomic E-state index is 0.207. The van der Waals surface area contributed by atoms with Gasteiger partial charge in [0.05, 0.1) is 12.4 Å². The Hall–Kier alpha value is -3.68. The van der Waals surface area contributed by atoms with Gasteiger partial charge in [0.25, 0.3) is 0 Å². The second kappa shape index (κ2) is 11.0. The van der Waals surface area contributed by atoms with Crippen molar-refractivity contribution in [3.63, 3.8) is 0 Å². The Balaban J connectivity index is 1.26. The zero-order valence-corrected chi connectivity index (χ0v) is 22.6. The standard InChI is InChI=1S/C30H38N8/c1-3-5-10-28-31-30-27(20-36(17-4-2)21-37(30)18-22-11-12-22)38(28)19-23-13-15-24(16-14-23)25-8-6-7-9-26(25)29-32-34-35-33-29/h6-9,13-16,20,22,28H,3-5,10-12,17-19,21H2,1-2H3,(H,32,33,34,35). The molecule has 1 atom stereocenters. The van der Waals surface area contributed by atoms with Gasteiger partial charge < -0.3 is 14.7 Å². The Labute approximate surface area is 225 Å². The van der Waals surface area contributed by atoms with Crippen molar-refractivity contribution in [1.29, 1.82) is 0 Å². The summed E-state index contributed by atoms with van der Waals surface area (Å²) in [6.45, 7) is 8.59. The van der Waals surface area contributed by atoms with Crippen LogP contribution >= 0.6 is 0 Å². The van der Waals surface area contributed by atoms with Crippen LogP contribution in [0.1, 0.15) is 57.9 Å². The summed E-state index contributed by atoms with van der Waals surface area (Å²) in [5.74, 6) is 2.74. The van der Waals surface area contributed by atoms with Crippen LogP contribution in [0.3, 0.4) is 0 Å². The summed E-state index contributed by atoms with van der Waals surface area (Å²) in [5, 5.41) is 14.5. The summed E-state index contributed by atoms with van der Waals surface area (Å²) in [7, 11) is 0. The number of rotatable bonds is 11. The van der Waals surface area contributed by atoms with E-state index in [9.17, 15) is 0 Å². The quantitative estimate of drug-likeness (QED) is 0.367. The highest BCUT2D eigenvalue weighted by Crippen LogP contribution is 2.36. The average molecular weight is 511 g/mol. The van der Waals surface area contributed by atoms with Gasteiger partial charge in [0.15, 0.2) is 11.7 Å². The first-order chi connectivity index (χ1) is 18.7. The summed E-state index contributed by atoms with van der Waals surface area (Å²) >= 11 is 0. The number of unbranched alkanes of at least 4 members (excludes halogenated alkanes) is 1. The fourth-order valence-corrected chi connectivity index (χ4v) is 5.62. The number of benzene rings is 2. The minimum Gasteiger partial charge on any atom is -0.358 e. The molecule has 0 bridgehead atoms. The molecular formula is C30H38N8. The van der Waals surface area contributed by atoms with Crippen molar-refractivity contribution in [2.45, 2.75) is 65.1 Å². The van der Waals surface area contributed by atoms with Gasteiger partial charge in [-0.2, -0.15) is 0 Å². The van der Waals surface area contributed by atoms with Gasteiger partial charge in [0.2, 0.25) is 0 Å². The molecule has 2 aromatic carbocycles. The van der Waals surface area contributed by atoms with Gasteiger partial charge in [0, 0.05) is 31.4 Å². The zero-order chi connectivity index (χ0) is 25.9. The fourth-order valence-electron chi connectivity index (χ4n) is 5.62. The van der Waals surface area contributed by atoms with Gasteiger partial charge in [-0.1, -0.05) is 68.8 Å². The summed E-state index contributed by atoms with van der Waals surface area (Å²) in [6, 6.07) is 17.2. The molecular weight excluding hydrogens is 472 g/mol. The molecule has 38 heavy (non-hydrogen) atoms. The van der Waals surface area contributed by atoms with Crippen molar-refractivity contribution in [2.75, 3.05) is 19.8 Å². The van der Waals surface area contributed by atoms with E-state index < -0.39 is 0 Å². The van der Waals surface area contributed by atoms with Gasteiger partial charge in [-0.3, -0.25) is 0 Å². The third-order valence-corrected chi connectivity index (χ3v) is 7.77. The van der Waals surface area contributed by atoms with Crippen molar-refractivity contribution < 1.29 is 0 Å². The monoisotopic (exact) mass is 510 g/mol. The first kappa shape index (κ1) is 24.6. The van der Waals surface area contributed by atoms with Crippen molar-refractivity contribution in [2.24, 2.45) is 10.9 Å². The number of nitrogens with zero attached hydrogens (tertiary/aromatic N) is 7. The molecule has 1 unspecified atom stereocenters. The van der Waals surface area contributed by atoms with E-state index in [0.717, 1.165) is 61.8 Å². The van der Waals surface area contributed by atoms with Crippen LogP contribution in [0.2, 0.25) is 0 Å². The molecule has 1 aliphatic carbocycles. The molecule has 3 aliphatic rings. The number of tetrazole rings is 1. The number of aliphatic imine (C=N–C) groups is 1. The predicted molar refractivity (Wildman–Crippen MR) is 151 cm³/mol. The first-order valence-corrected chi connectivity index (χ1v) is 14.2. The van der Waals surface area contributed by atoms with Crippen molar-refractivity contribution in [3.8, 4) is 22.5 Å². The summed E-state index contributed by atoms with van der Waals surface area (Å²) in [5.41, 5.74) is 5.88. The molecule has 0 spiro atoms. The van der Waals surface area contributed by atoms with Crippen molar-refractivity contribution >= 4 is 5.84 Å². The minimum atomic E-state index is 0.207. The Morgan fingerprint density at radius 1 is 0.974 bits per heavy atom. The molecule has 0 saturated heterocycles. The molecule has 8 nitrogen and oxygen atoms in total. The number of amidine groups is 1. The van der Waals surface area contributed by atoms with E-state index in [2.05, 4.69) is 97.8 Å². The van der Waals surface area contributed by atoms with E-state index in [1.54, 1.807) is 0 Å². The van der Waals surface area contributed by atoms with E-state index in [1.807, 2.05) is 6.07 Å². The topological polar surface area (TPSA) is 76.5 Å². The normalized spacial score (nSPS) is 19.0. The predicted octanol–water partition coefficient (Wildman–Crippen LogP) is 5.50. The maximum absolute atomic E-state index is 5.34. The number of fused-ring (bicyclic) bond motifs is 1. The van der Waals surface area contributed by atoms with E-state index in [-0.39, 0.29) is 6.17 Å².